The second kappa shape index (κ2) is 4.86. The van der Waals surface area contributed by atoms with Gasteiger partial charge in [0.2, 0.25) is 5.91 Å². The number of hydrogen-bond donors (Lipinski definition) is 2. The lowest BCUT2D eigenvalue weighted by Crippen LogP contribution is -2.26. The van der Waals surface area contributed by atoms with Crippen LogP contribution in [0.4, 0.5) is 0 Å². The van der Waals surface area contributed by atoms with Crippen LogP contribution < -0.4 is 5.43 Å². The van der Waals surface area contributed by atoms with Gasteiger partial charge in [0, 0.05) is 18.4 Å². The number of halogens is 2. The highest BCUT2D eigenvalue weighted by Gasteiger charge is 2.15. The lowest BCUT2D eigenvalue weighted by atomic mass is 10.0. The van der Waals surface area contributed by atoms with E-state index >= 15 is 0 Å². The molecule has 1 aromatic carbocycles. The molecule has 1 aliphatic heterocycles. The summed E-state index contributed by atoms with van der Waals surface area (Å²) in [6.45, 7) is 0. The van der Waals surface area contributed by atoms with E-state index < -0.39 is 0 Å². The average Bonchev–Trinajstić information content (AvgIpc) is 2.26. The third-order valence-corrected chi connectivity index (χ3v) is 3.90. The third kappa shape index (κ3) is 2.47. The number of nitrogens with zero attached hydrogens (tertiary/aromatic N) is 1. The lowest BCUT2D eigenvalue weighted by Gasteiger charge is -2.13. The Kier molecular flexibility index (Phi) is 3.67. The third-order valence-electron chi connectivity index (χ3n) is 2.25. The molecule has 1 amide bonds. The SMILES string of the molecule is O=C1CCC(c2cc(I)c(O)c(I)c2)=NN1. The first-order valence-electron chi connectivity index (χ1n) is 4.61. The molecule has 1 aromatic rings. The molecule has 0 radical (unpaired) electrons. The highest BCUT2D eigenvalue weighted by molar-refractivity contribution is 14.1. The summed E-state index contributed by atoms with van der Waals surface area (Å²) in [5, 5.41) is 13.7. The van der Waals surface area contributed by atoms with Crippen LogP contribution in [0, 0.1) is 7.14 Å². The summed E-state index contributed by atoms with van der Waals surface area (Å²) in [4.78, 5) is 11.0. The fraction of sp³-hybridized carbons (Fsp3) is 0.200. The largest absolute Gasteiger partial charge is 0.506 e. The molecule has 4 nitrogen and oxygen atoms in total. The van der Waals surface area contributed by atoms with Crippen molar-refractivity contribution in [3.05, 3.63) is 24.8 Å². The van der Waals surface area contributed by atoms with E-state index in [9.17, 15) is 9.90 Å². The molecule has 0 saturated heterocycles. The first kappa shape index (κ1) is 12.1. The zero-order chi connectivity index (χ0) is 11.7. The second-order valence-corrected chi connectivity index (χ2v) is 5.71. The minimum atomic E-state index is -0.0491. The van der Waals surface area contributed by atoms with Crippen molar-refractivity contribution in [3.8, 4) is 5.75 Å². The number of amides is 1. The van der Waals surface area contributed by atoms with Crippen LogP contribution >= 0.6 is 45.2 Å². The van der Waals surface area contributed by atoms with Gasteiger partial charge in [-0.05, 0) is 57.3 Å². The number of rotatable bonds is 1. The van der Waals surface area contributed by atoms with E-state index in [1.807, 2.05) is 12.1 Å². The first-order chi connectivity index (χ1) is 7.58. The molecule has 0 bridgehead atoms. The standard InChI is InChI=1S/C10H8I2N2O2/c11-6-3-5(4-7(12)10(6)16)8-1-2-9(15)14-13-8/h3-4,16H,1-2H2,(H,14,15). The van der Waals surface area contributed by atoms with E-state index in [-0.39, 0.29) is 5.91 Å². The summed E-state index contributed by atoms with van der Waals surface area (Å²) in [6.07, 6.45) is 1.11. The first-order valence-corrected chi connectivity index (χ1v) is 6.77. The number of nitrogens with one attached hydrogen (secondary N) is 1. The number of carbonyl (C=O) groups is 1. The van der Waals surface area contributed by atoms with Gasteiger partial charge in [0.15, 0.2) is 0 Å². The van der Waals surface area contributed by atoms with E-state index in [1.165, 1.54) is 0 Å². The van der Waals surface area contributed by atoms with Crippen molar-refractivity contribution in [1.29, 1.82) is 0 Å². The fourth-order valence-electron chi connectivity index (χ4n) is 1.41. The minimum Gasteiger partial charge on any atom is -0.506 e. The summed E-state index contributed by atoms with van der Waals surface area (Å²) in [5.74, 6) is 0.248. The van der Waals surface area contributed by atoms with Crippen LogP contribution in [0.3, 0.4) is 0 Å². The van der Waals surface area contributed by atoms with Crippen molar-refractivity contribution >= 4 is 56.8 Å². The molecule has 0 spiro atoms. The van der Waals surface area contributed by atoms with Crippen LogP contribution in [0.2, 0.25) is 0 Å². The monoisotopic (exact) mass is 442 g/mol. The highest BCUT2D eigenvalue weighted by Crippen LogP contribution is 2.28. The maximum Gasteiger partial charge on any atom is 0.240 e. The van der Waals surface area contributed by atoms with E-state index in [2.05, 4.69) is 55.7 Å². The van der Waals surface area contributed by atoms with Crippen molar-refractivity contribution < 1.29 is 9.90 Å². The Balaban J connectivity index is 2.38. The molecule has 1 aliphatic rings. The van der Waals surface area contributed by atoms with Gasteiger partial charge in [-0.2, -0.15) is 5.10 Å². The summed E-state index contributed by atoms with van der Waals surface area (Å²) in [7, 11) is 0. The Labute approximate surface area is 120 Å². The van der Waals surface area contributed by atoms with Gasteiger partial charge in [0.1, 0.15) is 5.75 Å². The maximum atomic E-state index is 11.0. The Morgan fingerprint density at radius 2 is 1.88 bits per heavy atom. The van der Waals surface area contributed by atoms with Gasteiger partial charge >= 0.3 is 0 Å². The molecule has 0 unspecified atom stereocenters. The lowest BCUT2D eigenvalue weighted by molar-refractivity contribution is -0.121. The number of benzene rings is 1. The van der Waals surface area contributed by atoms with Crippen molar-refractivity contribution in [3.63, 3.8) is 0 Å². The van der Waals surface area contributed by atoms with Crippen LogP contribution in [-0.4, -0.2) is 16.7 Å². The highest BCUT2D eigenvalue weighted by atomic mass is 127. The van der Waals surface area contributed by atoms with Crippen molar-refractivity contribution in [2.75, 3.05) is 0 Å². The van der Waals surface area contributed by atoms with Crippen LogP contribution in [0.25, 0.3) is 0 Å². The van der Waals surface area contributed by atoms with Gasteiger partial charge in [-0.15, -0.1) is 0 Å². The fourth-order valence-corrected chi connectivity index (χ4v) is 3.18. The predicted molar refractivity (Wildman–Crippen MR) is 77.5 cm³/mol. The van der Waals surface area contributed by atoms with E-state index in [4.69, 9.17) is 0 Å². The van der Waals surface area contributed by atoms with Gasteiger partial charge in [-0.1, -0.05) is 0 Å². The smallest absolute Gasteiger partial charge is 0.240 e. The van der Waals surface area contributed by atoms with Crippen LogP contribution in [-0.2, 0) is 4.79 Å². The van der Waals surface area contributed by atoms with Gasteiger partial charge in [0.05, 0.1) is 12.9 Å². The van der Waals surface area contributed by atoms with Gasteiger partial charge in [-0.25, -0.2) is 5.43 Å². The number of phenolic OH excluding ortho intramolecular Hbond substituents is 1. The Hall–Kier alpha value is -0.380. The van der Waals surface area contributed by atoms with Crippen LogP contribution in [0.1, 0.15) is 18.4 Å². The topological polar surface area (TPSA) is 61.7 Å². The normalized spacial score (nSPS) is 15.6. The van der Waals surface area contributed by atoms with E-state index in [0.29, 0.717) is 18.6 Å². The zero-order valence-electron chi connectivity index (χ0n) is 8.13. The molecule has 16 heavy (non-hydrogen) atoms. The Bertz CT molecular complexity index is 463. The number of hydrogen-bond acceptors (Lipinski definition) is 3. The van der Waals surface area contributed by atoms with Gasteiger partial charge in [0.25, 0.3) is 0 Å². The van der Waals surface area contributed by atoms with Gasteiger partial charge in [-0.3, -0.25) is 4.79 Å². The van der Waals surface area contributed by atoms with Crippen molar-refractivity contribution in [1.82, 2.24) is 5.43 Å². The molecule has 6 heteroatoms. The van der Waals surface area contributed by atoms with Crippen LogP contribution in [0.5, 0.6) is 5.75 Å². The molecular weight excluding hydrogens is 434 g/mol. The Morgan fingerprint density at radius 1 is 1.25 bits per heavy atom. The number of phenols is 1. The number of carbonyl (C=O) groups excluding carboxylic acids is 1. The van der Waals surface area contributed by atoms with Crippen molar-refractivity contribution in [2.45, 2.75) is 12.8 Å². The quantitative estimate of drug-likeness (QED) is 0.656. The maximum absolute atomic E-state index is 11.0. The minimum absolute atomic E-state index is 0.0491. The molecule has 0 atom stereocenters. The van der Waals surface area contributed by atoms with E-state index in [0.717, 1.165) is 18.4 Å². The summed E-state index contributed by atoms with van der Waals surface area (Å²) in [6, 6.07) is 3.74. The molecule has 1 heterocycles. The van der Waals surface area contributed by atoms with E-state index in [1.54, 1.807) is 0 Å². The molecule has 0 aliphatic carbocycles. The molecule has 0 fully saturated rings. The molecule has 2 N–H and O–H groups in total. The summed E-state index contributed by atoms with van der Waals surface area (Å²) < 4.78 is 1.58. The summed E-state index contributed by atoms with van der Waals surface area (Å²) in [5.41, 5.74) is 4.27. The zero-order valence-corrected chi connectivity index (χ0v) is 12.4. The van der Waals surface area contributed by atoms with Gasteiger partial charge < -0.3 is 5.11 Å². The molecule has 0 saturated carbocycles. The molecule has 84 valence electrons. The number of aromatic hydroxyl groups is 1. The molecule has 2 rings (SSSR count). The summed E-state index contributed by atoms with van der Waals surface area (Å²) >= 11 is 4.16. The average molecular weight is 442 g/mol. The second-order valence-electron chi connectivity index (χ2n) is 3.38. The number of hydrazone groups is 1. The van der Waals surface area contributed by atoms with Crippen LogP contribution in [0.15, 0.2) is 17.2 Å². The molecule has 0 aromatic heterocycles. The predicted octanol–water partition coefficient (Wildman–Crippen LogP) is 2.22. The Morgan fingerprint density at radius 3 is 2.38 bits per heavy atom. The molecular formula is C10H8I2N2O2. The van der Waals surface area contributed by atoms with Crippen molar-refractivity contribution in [2.24, 2.45) is 5.10 Å².